The van der Waals surface area contributed by atoms with Gasteiger partial charge in [-0.05, 0) is 26.0 Å². The highest BCUT2D eigenvalue weighted by molar-refractivity contribution is 7.98. The SMILES string of the molecule is CSCC(C)NC(=O)C1(C(N)=NO)CCOCC1. The number of nitrogens with two attached hydrogens (primary N) is 1. The summed E-state index contributed by atoms with van der Waals surface area (Å²) in [6.07, 6.45) is 2.87. The minimum absolute atomic E-state index is 0.0281. The van der Waals surface area contributed by atoms with Crippen LogP contribution >= 0.6 is 11.8 Å². The van der Waals surface area contributed by atoms with Gasteiger partial charge >= 0.3 is 0 Å². The molecule has 1 atom stereocenters. The van der Waals surface area contributed by atoms with E-state index in [1.54, 1.807) is 11.8 Å². The van der Waals surface area contributed by atoms with Crippen molar-refractivity contribution in [1.29, 1.82) is 0 Å². The Balaban J connectivity index is 2.80. The van der Waals surface area contributed by atoms with Crippen LogP contribution < -0.4 is 11.1 Å². The van der Waals surface area contributed by atoms with E-state index >= 15 is 0 Å². The first kappa shape index (κ1) is 15.1. The lowest BCUT2D eigenvalue weighted by molar-refractivity contribution is -0.132. The van der Waals surface area contributed by atoms with Crippen molar-refractivity contribution in [2.24, 2.45) is 16.3 Å². The molecule has 18 heavy (non-hydrogen) atoms. The second-order valence-electron chi connectivity index (χ2n) is 4.51. The number of nitrogens with one attached hydrogen (secondary N) is 1. The second kappa shape index (κ2) is 6.84. The lowest BCUT2D eigenvalue weighted by Gasteiger charge is -2.35. The average Bonchev–Trinajstić information content (AvgIpc) is 2.38. The number of thioether (sulfide) groups is 1. The molecule has 1 heterocycles. The van der Waals surface area contributed by atoms with E-state index in [1.165, 1.54) is 0 Å². The molecule has 7 heteroatoms. The number of ether oxygens (including phenoxy) is 1. The third-order valence-electron chi connectivity index (χ3n) is 3.17. The molecule has 6 nitrogen and oxygen atoms in total. The van der Waals surface area contributed by atoms with E-state index in [9.17, 15) is 4.79 Å². The number of rotatable bonds is 5. The van der Waals surface area contributed by atoms with Crippen LogP contribution in [-0.4, -0.2) is 48.2 Å². The molecule has 0 spiro atoms. The van der Waals surface area contributed by atoms with Gasteiger partial charge in [0, 0.05) is 25.0 Å². The fourth-order valence-corrected chi connectivity index (χ4v) is 2.65. The van der Waals surface area contributed by atoms with E-state index in [4.69, 9.17) is 15.7 Å². The van der Waals surface area contributed by atoms with Crippen molar-refractivity contribution >= 4 is 23.5 Å². The van der Waals surface area contributed by atoms with Crippen LogP contribution in [0.1, 0.15) is 19.8 Å². The first-order chi connectivity index (χ1) is 8.56. The first-order valence-electron chi connectivity index (χ1n) is 5.92. The fourth-order valence-electron chi connectivity index (χ4n) is 2.07. The van der Waals surface area contributed by atoms with Crippen LogP contribution in [0.4, 0.5) is 0 Å². The number of carbonyl (C=O) groups excluding carboxylic acids is 1. The molecular weight excluding hydrogens is 254 g/mol. The predicted octanol–water partition coefficient (Wildman–Crippen LogP) is 0.397. The highest BCUT2D eigenvalue weighted by Crippen LogP contribution is 2.31. The van der Waals surface area contributed by atoms with Crippen LogP contribution in [0.15, 0.2) is 5.16 Å². The van der Waals surface area contributed by atoms with Gasteiger partial charge in [-0.2, -0.15) is 11.8 Å². The Labute approximate surface area is 111 Å². The van der Waals surface area contributed by atoms with Crippen molar-refractivity contribution in [1.82, 2.24) is 5.32 Å². The lowest BCUT2D eigenvalue weighted by Crippen LogP contribution is -2.54. The van der Waals surface area contributed by atoms with Crippen LogP contribution in [-0.2, 0) is 9.53 Å². The minimum Gasteiger partial charge on any atom is -0.409 e. The fraction of sp³-hybridized carbons (Fsp3) is 0.818. The molecule has 4 N–H and O–H groups in total. The molecule has 0 radical (unpaired) electrons. The third kappa shape index (κ3) is 3.29. The molecule has 1 aliphatic heterocycles. The first-order valence-corrected chi connectivity index (χ1v) is 7.32. The van der Waals surface area contributed by atoms with Gasteiger partial charge in [-0.1, -0.05) is 5.16 Å². The van der Waals surface area contributed by atoms with Crippen LogP contribution in [0.25, 0.3) is 0 Å². The largest absolute Gasteiger partial charge is 0.409 e. The van der Waals surface area contributed by atoms with E-state index in [1.807, 2.05) is 13.2 Å². The van der Waals surface area contributed by atoms with Gasteiger partial charge in [-0.15, -0.1) is 0 Å². The number of nitrogens with zero attached hydrogens (tertiary/aromatic N) is 1. The highest BCUT2D eigenvalue weighted by Gasteiger charge is 2.44. The Morgan fingerprint density at radius 3 is 2.72 bits per heavy atom. The maximum absolute atomic E-state index is 12.4. The molecule has 1 unspecified atom stereocenters. The monoisotopic (exact) mass is 275 g/mol. The summed E-state index contributed by atoms with van der Waals surface area (Å²) in [5, 5.41) is 14.8. The van der Waals surface area contributed by atoms with Crippen molar-refractivity contribution in [2.75, 3.05) is 25.2 Å². The Morgan fingerprint density at radius 2 is 2.22 bits per heavy atom. The molecule has 1 saturated heterocycles. The van der Waals surface area contributed by atoms with Gasteiger partial charge in [0.15, 0.2) is 5.84 Å². The van der Waals surface area contributed by atoms with E-state index in [-0.39, 0.29) is 17.8 Å². The predicted molar refractivity (Wildman–Crippen MR) is 71.9 cm³/mol. The smallest absolute Gasteiger partial charge is 0.234 e. The molecule has 1 fully saturated rings. The minimum atomic E-state index is -0.931. The topological polar surface area (TPSA) is 96.9 Å². The van der Waals surface area contributed by atoms with Gasteiger partial charge in [-0.3, -0.25) is 4.79 Å². The number of carbonyl (C=O) groups is 1. The molecular formula is C11H21N3O3S. The zero-order chi connectivity index (χ0) is 13.6. The average molecular weight is 275 g/mol. The van der Waals surface area contributed by atoms with Crippen LogP contribution in [0.3, 0.4) is 0 Å². The highest BCUT2D eigenvalue weighted by atomic mass is 32.2. The number of hydrogen-bond donors (Lipinski definition) is 3. The molecule has 1 rings (SSSR count). The maximum Gasteiger partial charge on any atom is 0.234 e. The van der Waals surface area contributed by atoms with Crippen molar-refractivity contribution in [3.63, 3.8) is 0 Å². The molecule has 104 valence electrons. The van der Waals surface area contributed by atoms with E-state index < -0.39 is 5.41 Å². The summed E-state index contributed by atoms with van der Waals surface area (Å²) in [5.74, 6) is 0.622. The lowest BCUT2D eigenvalue weighted by atomic mass is 9.78. The van der Waals surface area contributed by atoms with Crippen LogP contribution in [0.5, 0.6) is 0 Å². The van der Waals surface area contributed by atoms with Crippen molar-refractivity contribution in [2.45, 2.75) is 25.8 Å². The summed E-state index contributed by atoms with van der Waals surface area (Å²) >= 11 is 1.66. The molecule has 1 amide bonds. The van der Waals surface area contributed by atoms with E-state index in [2.05, 4.69) is 10.5 Å². The summed E-state index contributed by atoms with van der Waals surface area (Å²) in [6.45, 7) is 2.83. The van der Waals surface area contributed by atoms with E-state index in [0.29, 0.717) is 26.1 Å². The van der Waals surface area contributed by atoms with E-state index in [0.717, 1.165) is 5.75 Å². The normalized spacial score (nSPS) is 21.3. The molecule has 1 aliphatic rings. The van der Waals surface area contributed by atoms with Gasteiger partial charge < -0.3 is 21.0 Å². The Morgan fingerprint density at radius 1 is 1.61 bits per heavy atom. The molecule has 0 aromatic rings. The molecule has 0 saturated carbocycles. The molecule has 0 aromatic heterocycles. The Hall–Kier alpha value is -0.950. The maximum atomic E-state index is 12.4. The quantitative estimate of drug-likeness (QED) is 0.292. The van der Waals surface area contributed by atoms with Crippen LogP contribution in [0.2, 0.25) is 0 Å². The summed E-state index contributed by atoms with van der Waals surface area (Å²) < 4.78 is 5.25. The van der Waals surface area contributed by atoms with Gasteiger partial charge in [0.1, 0.15) is 5.41 Å². The molecule has 0 aliphatic carbocycles. The Bertz CT molecular complexity index is 317. The summed E-state index contributed by atoms with van der Waals surface area (Å²) in [5.41, 5.74) is 4.78. The second-order valence-corrected chi connectivity index (χ2v) is 5.42. The Kier molecular flexibility index (Phi) is 5.74. The number of amidine groups is 1. The van der Waals surface area contributed by atoms with Crippen LogP contribution in [0, 0.1) is 5.41 Å². The van der Waals surface area contributed by atoms with Gasteiger partial charge in [0.25, 0.3) is 0 Å². The van der Waals surface area contributed by atoms with Gasteiger partial charge in [0.2, 0.25) is 5.91 Å². The van der Waals surface area contributed by atoms with Crippen molar-refractivity contribution in [3.05, 3.63) is 0 Å². The third-order valence-corrected chi connectivity index (χ3v) is 4.01. The molecule has 0 bridgehead atoms. The van der Waals surface area contributed by atoms with Crippen molar-refractivity contribution < 1.29 is 14.7 Å². The number of oxime groups is 1. The van der Waals surface area contributed by atoms with Gasteiger partial charge in [0.05, 0.1) is 0 Å². The van der Waals surface area contributed by atoms with Crippen molar-refractivity contribution in [3.8, 4) is 0 Å². The zero-order valence-corrected chi connectivity index (χ0v) is 11.6. The zero-order valence-electron chi connectivity index (χ0n) is 10.8. The molecule has 0 aromatic carbocycles. The van der Waals surface area contributed by atoms with Gasteiger partial charge in [-0.25, -0.2) is 0 Å². The number of amides is 1. The summed E-state index contributed by atoms with van der Waals surface area (Å²) in [4.78, 5) is 12.4. The standard InChI is InChI=1S/C11H21N3O3S/c1-8(7-18-2)13-10(15)11(9(12)14-16)3-5-17-6-4-11/h8,16H,3-7H2,1-2H3,(H2,12,14)(H,13,15). The summed E-state index contributed by atoms with van der Waals surface area (Å²) in [6, 6.07) is 0.0544. The summed E-state index contributed by atoms with van der Waals surface area (Å²) in [7, 11) is 0. The number of hydrogen-bond acceptors (Lipinski definition) is 5.